The lowest BCUT2D eigenvalue weighted by atomic mass is 9.75. The van der Waals surface area contributed by atoms with Crippen molar-refractivity contribution < 1.29 is 9.53 Å². The first-order valence-electron chi connectivity index (χ1n) is 9.06. The van der Waals surface area contributed by atoms with E-state index in [0.29, 0.717) is 17.8 Å². The Bertz CT molecular complexity index is 729. The van der Waals surface area contributed by atoms with Crippen LogP contribution in [0.1, 0.15) is 40.0 Å². The molecule has 0 unspecified atom stereocenters. The summed E-state index contributed by atoms with van der Waals surface area (Å²) in [6, 6.07) is 7.86. The van der Waals surface area contributed by atoms with Gasteiger partial charge in [-0.15, -0.1) is 0 Å². The van der Waals surface area contributed by atoms with Crippen molar-refractivity contribution in [1.82, 2.24) is 9.97 Å². The Kier molecular flexibility index (Phi) is 5.94. The fourth-order valence-corrected chi connectivity index (χ4v) is 4.45. The topological polar surface area (TPSA) is 52.1 Å². The third-order valence-corrected chi connectivity index (χ3v) is 6.06. The average molecular weight is 359 g/mol. The molecule has 1 fully saturated rings. The molecule has 1 aliphatic carbocycles. The Morgan fingerprint density at radius 1 is 1.28 bits per heavy atom. The summed E-state index contributed by atoms with van der Waals surface area (Å²) in [5, 5.41) is 1.81. The van der Waals surface area contributed by atoms with E-state index in [9.17, 15) is 4.79 Å². The molecule has 1 saturated carbocycles. The molecule has 1 heterocycles. The molecule has 4 nitrogen and oxygen atoms in total. The maximum absolute atomic E-state index is 12.4. The quantitative estimate of drug-likeness (QED) is 0.439. The van der Waals surface area contributed by atoms with E-state index >= 15 is 0 Å². The lowest BCUT2D eigenvalue weighted by Gasteiger charge is -2.36. The van der Waals surface area contributed by atoms with Crippen molar-refractivity contribution in [2.75, 3.05) is 5.75 Å². The molecule has 3 rings (SSSR count). The second-order valence-electron chi connectivity index (χ2n) is 7.34. The first kappa shape index (κ1) is 18.2. The van der Waals surface area contributed by atoms with Gasteiger partial charge in [-0.05, 0) is 36.7 Å². The van der Waals surface area contributed by atoms with Crippen molar-refractivity contribution in [2.45, 2.75) is 51.2 Å². The molecule has 1 aliphatic rings. The summed E-state index contributed by atoms with van der Waals surface area (Å²) in [6.45, 7) is 6.70. The number of aromatic nitrogens is 2. The lowest BCUT2D eigenvalue weighted by molar-refractivity contribution is -0.152. The minimum absolute atomic E-state index is 0.0546. The summed E-state index contributed by atoms with van der Waals surface area (Å²) >= 11 is 1.43. The third-order valence-electron chi connectivity index (χ3n) is 5.08. The Hall–Kier alpha value is -1.62. The van der Waals surface area contributed by atoms with E-state index in [2.05, 4.69) is 30.7 Å². The zero-order valence-electron chi connectivity index (χ0n) is 15.1. The largest absolute Gasteiger partial charge is 0.461 e. The number of carbonyl (C=O) groups is 1. The number of para-hydroxylation sites is 1. The normalized spacial score (nSPS) is 23.8. The van der Waals surface area contributed by atoms with Gasteiger partial charge in [-0.3, -0.25) is 4.79 Å². The number of ether oxygens (including phenoxy) is 1. The Morgan fingerprint density at radius 3 is 2.88 bits per heavy atom. The Balaban J connectivity index is 1.62. The second-order valence-corrected chi connectivity index (χ2v) is 8.30. The number of esters is 1. The molecule has 0 radical (unpaired) electrons. The van der Waals surface area contributed by atoms with Gasteiger partial charge in [0.1, 0.15) is 17.5 Å². The molecular weight excluding hydrogens is 332 g/mol. The fraction of sp³-hybridized carbons (Fsp3) is 0.550. The highest BCUT2D eigenvalue weighted by Crippen LogP contribution is 2.35. The second kappa shape index (κ2) is 8.17. The SMILES string of the molecule is CC(C)[C@@H]1CC[C@@H](C)C[C@H]1OC(=O)CSc1ncnc2ccccc12. The highest BCUT2D eigenvalue weighted by molar-refractivity contribution is 8.00. The van der Waals surface area contributed by atoms with E-state index < -0.39 is 0 Å². The number of carbonyl (C=O) groups excluding carboxylic acids is 1. The van der Waals surface area contributed by atoms with E-state index in [1.165, 1.54) is 18.2 Å². The van der Waals surface area contributed by atoms with E-state index in [0.717, 1.165) is 28.8 Å². The summed E-state index contributed by atoms with van der Waals surface area (Å²) in [7, 11) is 0. The predicted octanol–water partition coefficient (Wildman–Crippen LogP) is 4.73. The van der Waals surface area contributed by atoms with Gasteiger partial charge < -0.3 is 4.74 Å². The maximum Gasteiger partial charge on any atom is 0.316 e. The molecule has 0 N–H and O–H groups in total. The molecule has 1 aromatic carbocycles. The van der Waals surface area contributed by atoms with Crippen LogP contribution < -0.4 is 0 Å². The molecule has 0 aliphatic heterocycles. The van der Waals surface area contributed by atoms with Crippen molar-refractivity contribution in [3.05, 3.63) is 30.6 Å². The summed E-state index contributed by atoms with van der Waals surface area (Å²) in [5.41, 5.74) is 0.898. The number of hydrogen-bond acceptors (Lipinski definition) is 5. The van der Waals surface area contributed by atoms with Gasteiger partial charge in [-0.1, -0.05) is 57.2 Å². The third kappa shape index (κ3) is 4.51. The first-order valence-corrected chi connectivity index (χ1v) is 10.0. The molecule has 3 atom stereocenters. The zero-order valence-corrected chi connectivity index (χ0v) is 16.0. The molecule has 0 spiro atoms. The minimum atomic E-state index is -0.141. The minimum Gasteiger partial charge on any atom is -0.461 e. The van der Waals surface area contributed by atoms with Gasteiger partial charge in [0.25, 0.3) is 0 Å². The van der Waals surface area contributed by atoms with Gasteiger partial charge in [0.05, 0.1) is 11.3 Å². The molecule has 2 aromatic rings. The highest BCUT2D eigenvalue weighted by atomic mass is 32.2. The Morgan fingerprint density at radius 2 is 2.08 bits per heavy atom. The standard InChI is InChI=1S/C20H26N2O2S/c1-13(2)15-9-8-14(3)10-18(15)24-19(23)11-25-20-16-6-4-5-7-17(16)21-12-22-20/h4-7,12-15,18H,8-11H2,1-3H3/t14-,15+,18-/m1/s1. The van der Waals surface area contributed by atoms with Crippen LogP contribution in [-0.4, -0.2) is 27.8 Å². The van der Waals surface area contributed by atoms with E-state index in [4.69, 9.17) is 4.74 Å². The molecule has 0 amide bonds. The highest BCUT2D eigenvalue weighted by Gasteiger charge is 2.33. The first-order chi connectivity index (χ1) is 12.0. The molecular formula is C20H26N2O2S. The van der Waals surface area contributed by atoms with Crippen molar-refractivity contribution in [3.63, 3.8) is 0 Å². The van der Waals surface area contributed by atoms with Crippen molar-refractivity contribution in [1.29, 1.82) is 0 Å². The molecule has 0 bridgehead atoms. The zero-order chi connectivity index (χ0) is 17.8. The molecule has 5 heteroatoms. The molecule has 1 aromatic heterocycles. The van der Waals surface area contributed by atoms with Crippen LogP contribution >= 0.6 is 11.8 Å². The van der Waals surface area contributed by atoms with Crippen LogP contribution in [0.25, 0.3) is 10.9 Å². The number of fused-ring (bicyclic) bond motifs is 1. The molecule has 0 saturated heterocycles. The van der Waals surface area contributed by atoms with Crippen LogP contribution in [0, 0.1) is 17.8 Å². The number of hydrogen-bond donors (Lipinski definition) is 0. The van der Waals surface area contributed by atoms with Gasteiger partial charge in [-0.2, -0.15) is 0 Å². The van der Waals surface area contributed by atoms with Crippen LogP contribution in [-0.2, 0) is 9.53 Å². The van der Waals surface area contributed by atoms with Gasteiger partial charge in [0.2, 0.25) is 0 Å². The van der Waals surface area contributed by atoms with Crippen LogP contribution in [0.5, 0.6) is 0 Å². The molecule has 25 heavy (non-hydrogen) atoms. The van der Waals surface area contributed by atoms with Gasteiger partial charge in [-0.25, -0.2) is 9.97 Å². The van der Waals surface area contributed by atoms with Gasteiger partial charge in [0.15, 0.2) is 0 Å². The number of nitrogens with zero attached hydrogens (tertiary/aromatic N) is 2. The monoisotopic (exact) mass is 358 g/mol. The van der Waals surface area contributed by atoms with Gasteiger partial charge >= 0.3 is 5.97 Å². The van der Waals surface area contributed by atoms with E-state index in [1.54, 1.807) is 6.33 Å². The summed E-state index contributed by atoms with van der Waals surface area (Å²) in [4.78, 5) is 21.0. The van der Waals surface area contributed by atoms with E-state index in [1.807, 2.05) is 24.3 Å². The van der Waals surface area contributed by atoms with Crippen LogP contribution in [0.4, 0.5) is 0 Å². The average Bonchev–Trinajstić information content (AvgIpc) is 2.59. The smallest absolute Gasteiger partial charge is 0.316 e. The van der Waals surface area contributed by atoms with Crippen molar-refractivity contribution >= 4 is 28.6 Å². The summed E-state index contributed by atoms with van der Waals surface area (Å²) in [6.07, 6.45) is 4.97. The van der Waals surface area contributed by atoms with Crippen molar-refractivity contribution in [3.8, 4) is 0 Å². The predicted molar refractivity (Wildman–Crippen MR) is 101 cm³/mol. The maximum atomic E-state index is 12.4. The van der Waals surface area contributed by atoms with Crippen LogP contribution in [0.15, 0.2) is 35.6 Å². The van der Waals surface area contributed by atoms with Gasteiger partial charge in [0, 0.05) is 5.39 Å². The summed E-state index contributed by atoms with van der Waals surface area (Å²) in [5.74, 6) is 1.80. The lowest BCUT2D eigenvalue weighted by Crippen LogP contribution is -2.36. The summed E-state index contributed by atoms with van der Waals surface area (Å²) < 4.78 is 5.87. The Labute approximate surface area is 153 Å². The van der Waals surface area contributed by atoms with Crippen LogP contribution in [0.2, 0.25) is 0 Å². The number of rotatable bonds is 5. The van der Waals surface area contributed by atoms with Crippen LogP contribution in [0.3, 0.4) is 0 Å². The fourth-order valence-electron chi connectivity index (χ4n) is 3.68. The molecule has 134 valence electrons. The number of thioether (sulfide) groups is 1. The van der Waals surface area contributed by atoms with E-state index in [-0.39, 0.29) is 17.8 Å². The van der Waals surface area contributed by atoms with Crippen molar-refractivity contribution in [2.24, 2.45) is 17.8 Å². The number of benzene rings is 1.